The molecule has 0 radical (unpaired) electrons. The van der Waals surface area contributed by atoms with Crippen molar-refractivity contribution in [1.29, 1.82) is 0 Å². The molecule has 4 unspecified atom stereocenters. The van der Waals surface area contributed by atoms with Crippen LogP contribution in [0.2, 0.25) is 0 Å². The Labute approximate surface area is 272 Å². The third-order valence-corrected chi connectivity index (χ3v) is 7.79. The molecule has 4 atom stereocenters. The molecule has 3 aromatic rings. The minimum Gasteiger partial charge on any atom is -0.493 e. The van der Waals surface area contributed by atoms with Crippen LogP contribution in [0.3, 0.4) is 0 Å². The first-order valence-corrected chi connectivity index (χ1v) is 15.1. The molecule has 12 nitrogen and oxygen atoms in total. The lowest BCUT2D eigenvalue weighted by molar-refractivity contribution is -0.176. The molecule has 12 heteroatoms. The molecule has 0 bridgehead atoms. The van der Waals surface area contributed by atoms with Gasteiger partial charge in [-0.2, -0.15) is 0 Å². The summed E-state index contributed by atoms with van der Waals surface area (Å²) in [6.45, 7) is 7.81. The lowest BCUT2D eigenvalue weighted by atomic mass is 9.91. The second kappa shape index (κ2) is 15.4. The van der Waals surface area contributed by atoms with Gasteiger partial charge in [0.25, 0.3) is 5.91 Å². The van der Waals surface area contributed by atoms with Gasteiger partial charge >= 0.3 is 23.9 Å². The fourth-order valence-electron chi connectivity index (χ4n) is 4.95. The predicted molar refractivity (Wildman–Crippen MR) is 168 cm³/mol. The zero-order valence-corrected chi connectivity index (χ0v) is 27.1. The SMILES string of the molecule is COc1ccnc(C(=O)NC2COC(=O)C(Cc3ccccc3)C(OC(=O)C(C)C)C(C)OC2=O)c1OC(=O)c1cccc(C)c1C. The summed E-state index contributed by atoms with van der Waals surface area (Å²) < 4.78 is 27.9. The van der Waals surface area contributed by atoms with Gasteiger partial charge in [-0.3, -0.25) is 14.4 Å². The van der Waals surface area contributed by atoms with Crippen molar-refractivity contribution < 1.29 is 47.7 Å². The lowest BCUT2D eigenvalue weighted by Gasteiger charge is -2.29. The first kappa shape index (κ1) is 34.6. The van der Waals surface area contributed by atoms with E-state index in [2.05, 4.69) is 10.3 Å². The summed E-state index contributed by atoms with van der Waals surface area (Å²) in [6, 6.07) is 14.1. The third-order valence-electron chi connectivity index (χ3n) is 7.79. The van der Waals surface area contributed by atoms with Gasteiger partial charge < -0.3 is 29.0 Å². The zero-order valence-electron chi connectivity index (χ0n) is 27.1. The highest BCUT2D eigenvalue weighted by molar-refractivity contribution is 6.00. The molecule has 1 saturated heterocycles. The van der Waals surface area contributed by atoms with E-state index in [1.54, 1.807) is 45.0 Å². The van der Waals surface area contributed by atoms with E-state index in [1.807, 2.05) is 31.2 Å². The number of amides is 1. The number of carbonyl (C=O) groups is 5. The van der Waals surface area contributed by atoms with Gasteiger partial charge in [0.1, 0.15) is 18.6 Å². The average molecular weight is 647 g/mol. The van der Waals surface area contributed by atoms with Gasteiger partial charge in [0.15, 0.2) is 23.6 Å². The van der Waals surface area contributed by atoms with Crippen molar-refractivity contribution in [2.45, 2.75) is 59.3 Å². The predicted octanol–water partition coefficient (Wildman–Crippen LogP) is 3.94. The Morgan fingerprint density at radius 2 is 1.72 bits per heavy atom. The summed E-state index contributed by atoms with van der Waals surface area (Å²) in [4.78, 5) is 70.4. The Balaban J connectivity index is 1.61. The number of ether oxygens (including phenoxy) is 5. The number of hydrogen-bond donors (Lipinski definition) is 1. The van der Waals surface area contributed by atoms with E-state index >= 15 is 0 Å². The van der Waals surface area contributed by atoms with Gasteiger partial charge in [0.05, 0.1) is 18.6 Å². The normalized spacial score (nSPS) is 19.7. The first-order valence-electron chi connectivity index (χ1n) is 15.1. The highest BCUT2D eigenvalue weighted by Gasteiger charge is 2.42. The van der Waals surface area contributed by atoms with Crippen molar-refractivity contribution in [3.63, 3.8) is 0 Å². The Morgan fingerprint density at radius 3 is 2.40 bits per heavy atom. The largest absolute Gasteiger partial charge is 0.493 e. The number of aromatic nitrogens is 1. The summed E-state index contributed by atoms with van der Waals surface area (Å²) in [7, 11) is 1.33. The summed E-state index contributed by atoms with van der Waals surface area (Å²) in [6.07, 6.45) is -0.855. The van der Waals surface area contributed by atoms with Crippen LogP contribution < -0.4 is 14.8 Å². The van der Waals surface area contributed by atoms with Crippen LogP contribution in [0, 0.1) is 25.7 Å². The van der Waals surface area contributed by atoms with Gasteiger partial charge in [-0.1, -0.05) is 56.3 Å². The van der Waals surface area contributed by atoms with E-state index < -0.39 is 66.5 Å². The standard InChI is InChI=1S/C35H38N2O10/c1-19(2)32(39)46-29-22(5)45-35(42)26(18-44-33(40)25(29)17-23-12-8-7-9-13-23)37-31(38)28-30(27(43-6)15-16-36-28)47-34(41)24-14-10-11-20(3)21(24)4/h7-16,19,22,25-26,29H,17-18H2,1-6H3,(H,37,38). The number of aryl methyl sites for hydroxylation is 1. The Kier molecular flexibility index (Phi) is 11.3. The maximum atomic E-state index is 13.6. The van der Waals surface area contributed by atoms with Gasteiger partial charge in [0.2, 0.25) is 5.75 Å². The monoisotopic (exact) mass is 646 g/mol. The Morgan fingerprint density at radius 1 is 1.00 bits per heavy atom. The summed E-state index contributed by atoms with van der Waals surface area (Å²) >= 11 is 0. The molecule has 0 spiro atoms. The van der Waals surface area contributed by atoms with E-state index in [-0.39, 0.29) is 29.2 Å². The molecular formula is C35H38N2O10. The fraction of sp³-hybridized carbons (Fsp3) is 0.371. The van der Waals surface area contributed by atoms with Crippen molar-refractivity contribution in [2.24, 2.45) is 11.8 Å². The van der Waals surface area contributed by atoms with Crippen LogP contribution in [0.5, 0.6) is 11.5 Å². The molecule has 4 rings (SSSR count). The van der Waals surface area contributed by atoms with Crippen LogP contribution in [0.4, 0.5) is 0 Å². The molecule has 1 aliphatic heterocycles. The molecule has 0 aliphatic carbocycles. The van der Waals surface area contributed by atoms with Crippen molar-refractivity contribution >= 4 is 29.8 Å². The average Bonchev–Trinajstić information content (AvgIpc) is 3.08. The summed E-state index contributed by atoms with van der Waals surface area (Å²) in [5, 5.41) is 2.48. The molecule has 0 saturated carbocycles. The van der Waals surface area contributed by atoms with Gasteiger partial charge in [0, 0.05) is 12.3 Å². The van der Waals surface area contributed by atoms with Gasteiger partial charge in [-0.05, 0) is 49.9 Å². The van der Waals surface area contributed by atoms with E-state index in [0.29, 0.717) is 5.56 Å². The topological polar surface area (TPSA) is 156 Å². The maximum absolute atomic E-state index is 13.6. The molecule has 2 heterocycles. The number of carbonyl (C=O) groups excluding carboxylic acids is 5. The van der Waals surface area contributed by atoms with Crippen LogP contribution in [0.1, 0.15) is 58.3 Å². The number of nitrogens with one attached hydrogen (secondary N) is 1. The number of methoxy groups -OCH3 is 1. The Hall–Kier alpha value is -5.26. The number of nitrogens with zero attached hydrogens (tertiary/aromatic N) is 1. The van der Waals surface area contributed by atoms with Gasteiger partial charge in [-0.25, -0.2) is 14.6 Å². The molecule has 2 aromatic carbocycles. The zero-order chi connectivity index (χ0) is 34.2. The van der Waals surface area contributed by atoms with E-state index in [4.69, 9.17) is 23.7 Å². The fourth-order valence-corrected chi connectivity index (χ4v) is 4.95. The molecule has 1 fully saturated rings. The summed E-state index contributed by atoms with van der Waals surface area (Å²) in [5.41, 5.74) is 2.25. The van der Waals surface area contributed by atoms with Crippen molar-refractivity contribution in [1.82, 2.24) is 10.3 Å². The Bertz CT molecular complexity index is 1640. The molecule has 1 amide bonds. The van der Waals surface area contributed by atoms with E-state index in [9.17, 15) is 24.0 Å². The number of rotatable bonds is 9. The van der Waals surface area contributed by atoms with Crippen LogP contribution in [-0.4, -0.2) is 66.7 Å². The number of hydrogen-bond acceptors (Lipinski definition) is 11. The second-order valence-corrected chi connectivity index (χ2v) is 11.5. The van der Waals surface area contributed by atoms with Crippen LogP contribution in [-0.2, 0) is 35.0 Å². The van der Waals surface area contributed by atoms with Crippen molar-refractivity contribution in [3.05, 3.63) is 88.7 Å². The number of cyclic esters (lactones) is 2. The molecule has 248 valence electrons. The third kappa shape index (κ3) is 8.32. The molecule has 1 aliphatic rings. The van der Waals surface area contributed by atoms with Crippen LogP contribution in [0.15, 0.2) is 60.8 Å². The maximum Gasteiger partial charge on any atom is 0.344 e. The quantitative estimate of drug-likeness (QED) is 0.265. The second-order valence-electron chi connectivity index (χ2n) is 11.5. The highest BCUT2D eigenvalue weighted by atomic mass is 16.6. The molecule has 1 N–H and O–H groups in total. The first-order chi connectivity index (χ1) is 22.4. The molecule has 1 aromatic heterocycles. The molecular weight excluding hydrogens is 608 g/mol. The van der Waals surface area contributed by atoms with Crippen molar-refractivity contribution in [2.75, 3.05) is 13.7 Å². The van der Waals surface area contributed by atoms with Gasteiger partial charge in [-0.15, -0.1) is 0 Å². The van der Waals surface area contributed by atoms with Crippen LogP contribution >= 0.6 is 0 Å². The molecule has 47 heavy (non-hydrogen) atoms. The summed E-state index contributed by atoms with van der Waals surface area (Å²) in [5.74, 6) is -5.72. The van der Waals surface area contributed by atoms with E-state index in [1.165, 1.54) is 26.3 Å². The highest BCUT2D eigenvalue weighted by Crippen LogP contribution is 2.31. The van der Waals surface area contributed by atoms with Crippen molar-refractivity contribution in [3.8, 4) is 11.5 Å². The minimum absolute atomic E-state index is 0.0412. The minimum atomic E-state index is -1.48. The lowest BCUT2D eigenvalue weighted by Crippen LogP contribution is -2.47. The smallest absolute Gasteiger partial charge is 0.344 e. The number of benzene rings is 2. The number of pyridine rings is 1. The number of esters is 4. The van der Waals surface area contributed by atoms with Crippen LogP contribution in [0.25, 0.3) is 0 Å². The van der Waals surface area contributed by atoms with E-state index in [0.717, 1.165) is 11.1 Å².